The minimum absolute atomic E-state index is 0.314. The van der Waals surface area contributed by atoms with Crippen LogP contribution in [0.15, 0.2) is 9.26 Å². The summed E-state index contributed by atoms with van der Waals surface area (Å²) in [5, 5.41) is 3.76. The molecule has 1 saturated heterocycles. The lowest BCUT2D eigenvalue weighted by atomic mass is 10.2. The maximum absolute atomic E-state index is 5.18. The molecular formula is C9H14BrN3O. The summed E-state index contributed by atoms with van der Waals surface area (Å²) in [6.45, 7) is 5.52. The number of hydrogen-bond acceptors (Lipinski definition) is 4. The largest absolute Gasteiger partial charge is 0.337 e. The van der Waals surface area contributed by atoms with Crippen LogP contribution in [0.4, 0.5) is 0 Å². The zero-order valence-electron chi connectivity index (χ0n) is 8.40. The normalized spacial score (nSPS) is 23.6. The van der Waals surface area contributed by atoms with Crippen molar-refractivity contribution in [1.82, 2.24) is 15.0 Å². The third-order valence-corrected chi connectivity index (χ3v) is 2.98. The first-order chi connectivity index (χ1) is 6.68. The van der Waals surface area contributed by atoms with Crippen LogP contribution in [-0.4, -0.2) is 27.6 Å². The first-order valence-corrected chi connectivity index (χ1v) is 5.72. The second-order valence-electron chi connectivity index (χ2n) is 3.89. The van der Waals surface area contributed by atoms with Crippen LogP contribution in [0.2, 0.25) is 0 Å². The lowest BCUT2D eigenvalue weighted by molar-refractivity contribution is 0.170. The fraction of sp³-hybridized carbons (Fsp3) is 0.778. The van der Waals surface area contributed by atoms with Gasteiger partial charge < -0.3 is 4.52 Å². The first kappa shape index (κ1) is 10.1. The number of halogens is 1. The summed E-state index contributed by atoms with van der Waals surface area (Å²) in [5.41, 5.74) is 0. The standard InChI is InChI=1S/C9H14BrN3O/c1-6(2)13-5-3-4-7(13)8-11-9(10)12-14-8/h6-7H,3-5H2,1-2H3. The zero-order chi connectivity index (χ0) is 10.1. The van der Waals surface area contributed by atoms with E-state index in [2.05, 4.69) is 44.8 Å². The van der Waals surface area contributed by atoms with Crippen molar-refractivity contribution in [2.45, 2.75) is 38.8 Å². The highest BCUT2D eigenvalue weighted by molar-refractivity contribution is 9.10. The second kappa shape index (κ2) is 3.98. The molecule has 0 amide bonds. The van der Waals surface area contributed by atoms with Crippen LogP contribution in [0.3, 0.4) is 0 Å². The fourth-order valence-corrected chi connectivity index (χ4v) is 2.27. The molecule has 4 nitrogen and oxygen atoms in total. The molecule has 1 unspecified atom stereocenters. The van der Waals surface area contributed by atoms with Gasteiger partial charge in [-0.15, -0.1) is 0 Å². The Bertz CT molecular complexity index is 313. The molecule has 2 rings (SSSR count). The predicted octanol–water partition coefficient (Wildman–Crippen LogP) is 2.38. The molecule has 1 aliphatic rings. The Kier molecular flexibility index (Phi) is 2.88. The van der Waals surface area contributed by atoms with Gasteiger partial charge in [-0.25, -0.2) is 0 Å². The van der Waals surface area contributed by atoms with Gasteiger partial charge in [0.15, 0.2) is 0 Å². The molecule has 1 fully saturated rings. The molecular weight excluding hydrogens is 246 g/mol. The Morgan fingerprint density at radius 2 is 2.36 bits per heavy atom. The topological polar surface area (TPSA) is 42.2 Å². The molecule has 0 saturated carbocycles. The number of likely N-dealkylation sites (tertiary alicyclic amines) is 1. The zero-order valence-corrected chi connectivity index (χ0v) is 9.99. The van der Waals surface area contributed by atoms with Crippen LogP contribution < -0.4 is 0 Å². The van der Waals surface area contributed by atoms with E-state index >= 15 is 0 Å². The van der Waals surface area contributed by atoms with Gasteiger partial charge in [0, 0.05) is 6.04 Å². The molecule has 2 heterocycles. The van der Waals surface area contributed by atoms with Crippen molar-refractivity contribution in [2.75, 3.05) is 6.54 Å². The average Bonchev–Trinajstić information content (AvgIpc) is 2.70. The predicted molar refractivity (Wildman–Crippen MR) is 55.8 cm³/mol. The van der Waals surface area contributed by atoms with E-state index in [1.807, 2.05) is 0 Å². The van der Waals surface area contributed by atoms with Crippen molar-refractivity contribution >= 4 is 15.9 Å². The van der Waals surface area contributed by atoms with Gasteiger partial charge >= 0.3 is 0 Å². The van der Waals surface area contributed by atoms with Crippen molar-refractivity contribution in [2.24, 2.45) is 0 Å². The van der Waals surface area contributed by atoms with Crippen LogP contribution >= 0.6 is 15.9 Å². The van der Waals surface area contributed by atoms with E-state index in [1.165, 1.54) is 6.42 Å². The van der Waals surface area contributed by atoms with Crippen molar-refractivity contribution in [3.05, 3.63) is 10.6 Å². The van der Waals surface area contributed by atoms with E-state index in [-0.39, 0.29) is 0 Å². The van der Waals surface area contributed by atoms with E-state index < -0.39 is 0 Å². The number of hydrogen-bond donors (Lipinski definition) is 0. The van der Waals surface area contributed by atoms with E-state index in [1.54, 1.807) is 0 Å². The number of aromatic nitrogens is 2. The monoisotopic (exact) mass is 259 g/mol. The molecule has 1 atom stereocenters. The lowest BCUT2D eigenvalue weighted by Crippen LogP contribution is -2.30. The highest BCUT2D eigenvalue weighted by atomic mass is 79.9. The molecule has 0 radical (unpaired) electrons. The minimum Gasteiger partial charge on any atom is -0.337 e. The van der Waals surface area contributed by atoms with Crippen LogP contribution in [0, 0.1) is 0 Å². The molecule has 0 aromatic carbocycles. The summed E-state index contributed by atoms with van der Waals surface area (Å²) >= 11 is 3.20. The Morgan fingerprint density at radius 3 is 2.93 bits per heavy atom. The van der Waals surface area contributed by atoms with Gasteiger partial charge in [-0.05, 0) is 54.3 Å². The highest BCUT2D eigenvalue weighted by Gasteiger charge is 2.31. The van der Waals surface area contributed by atoms with Gasteiger partial charge in [0.25, 0.3) is 0 Å². The van der Waals surface area contributed by atoms with Crippen molar-refractivity contribution in [3.63, 3.8) is 0 Å². The highest BCUT2D eigenvalue weighted by Crippen LogP contribution is 2.32. The number of nitrogens with zero attached hydrogens (tertiary/aromatic N) is 3. The lowest BCUT2D eigenvalue weighted by Gasteiger charge is -2.25. The van der Waals surface area contributed by atoms with Gasteiger partial charge in [0.1, 0.15) is 0 Å². The summed E-state index contributed by atoms with van der Waals surface area (Å²) in [7, 11) is 0. The van der Waals surface area contributed by atoms with E-state index in [4.69, 9.17) is 4.52 Å². The minimum atomic E-state index is 0.314. The maximum atomic E-state index is 5.18. The van der Waals surface area contributed by atoms with E-state index in [0.717, 1.165) is 18.9 Å². The summed E-state index contributed by atoms with van der Waals surface area (Å²) in [4.78, 5) is 6.63. The molecule has 0 spiro atoms. The number of rotatable bonds is 2. The van der Waals surface area contributed by atoms with Crippen LogP contribution in [0.1, 0.15) is 38.6 Å². The molecule has 0 N–H and O–H groups in total. The third-order valence-electron chi connectivity index (χ3n) is 2.66. The Morgan fingerprint density at radius 1 is 1.57 bits per heavy atom. The average molecular weight is 260 g/mol. The Labute approximate surface area is 91.8 Å². The molecule has 78 valence electrons. The maximum Gasteiger partial charge on any atom is 0.244 e. The van der Waals surface area contributed by atoms with Gasteiger partial charge in [0.05, 0.1) is 6.04 Å². The summed E-state index contributed by atoms with van der Waals surface area (Å²) in [6.07, 6.45) is 2.33. The molecule has 1 aromatic rings. The Hall–Kier alpha value is -0.420. The quantitative estimate of drug-likeness (QED) is 0.818. The molecule has 0 bridgehead atoms. The van der Waals surface area contributed by atoms with Gasteiger partial charge in [-0.3, -0.25) is 4.90 Å². The van der Waals surface area contributed by atoms with Crippen LogP contribution in [-0.2, 0) is 0 Å². The molecule has 0 aliphatic carbocycles. The van der Waals surface area contributed by atoms with Crippen molar-refractivity contribution in [1.29, 1.82) is 0 Å². The van der Waals surface area contributed by atoms with Crippen LogP contribution in [0.5, 0.6) is 0 Å². The second-order valence-corrected chi connectivity index (χ2v) is 4.60. The van der Waals surface area contributed by atoms with E-state index in [0.29, 0.717) is 16.8 Å². The first-order valence-electron chi connectivity index (χ1n) is 4.93. The Balaban J connectivity index is 2.17. The van der Waals surface area contributed by atoms with E-state index in [9.17, 15) is 0 Å². The fourth-order valence-electron chi connectivity index (χ4n) is 2.02. The summed E-state index contributed by atoms with van der Waals surface area (Å²) < 4.78 is 5.72. The van der Waals surface area contributed by atoms with Crippen molar-refractivity contribution < 1.29 is 4.52 Å². The van der Waals surface area contributed by atoms with Gasteiger partial charge in [-0.2, -0.15) is 4.98 Å². The van der Waals surface area contributed by atoms with Gasteiger partial charge in [0.2, 0.25) is 10.6 Å². The molecule has 1 aromatic heterocycles. The SMILES string of the molecule is CC(C)N1CCCC1c1nc(Br)no1. The molecule has 5 heteroatoms. The smallest absolute Gasteiger partial charge is 0.244 e. The van der Waals surface area contributed by atoms with Crippen molar-refractivity contribution in [3.8, 4) is 0 Å². The summed E-state index contributed by atoms with van der Waals surface area (Å²) in [6, 6.07) is 0.849. The van der Waals surface area contributed by atoms with Gasteiger partial charge in [-0.1, -0.05) is 0 Å². The third kappa shape index (κ3) is 1.83. The van der Waals surface area contributed by atoms with Crippen LogP contribution in [0.25, 0.3) is 0 Å². The molecule has 14 heavy (non-hydrogen) atoms. The molecule has 1 aliphatic heterocycles. The summed E-state index contributed by atoms with van der Waals surface area (Å²) in [5.74, 6) is 0.739.